The predicted octanol–water partition coefficient (Wildman–Crippen LogP) is 3.33. The van der Waals surface area contributed by atoms with Crippen LogP contribution in [0.2, 0.25) is 5.02 Å². The van der Waals surface area contributed by atoms with Gasteiger partial charge in [-0.2, -0.15) is 5.26 Å². The first kappa shape index (κ1) is 17.5. The molecule has 0 saturated heterocycles. The Hall–Kier alpha value is -2.84. The smallest absolute Gasteiger partial charge is 0.306 e. The van der Waals surface area contributed by atoms with Gasteiger partial charge in [0, 0.05) is 11.4 Å². The van der Waals surface area contributed by atoms with Gasteiger partial charge in [-0.25, -0.2) is 0 Å². The van der Waals surface area contributed by atoms with Gasteiger partial charge in [0.2, 0.25) is 0 Å². The Morgan fingerprint density at radius 3 is 2.62 bits per heavy atom. The van der Waals surface area contributed by atoms with Crippen LogP contribution in [0.4, 0.5) is 5.69 Å². The van der Waals surface area contributed by atoms with Crippen LogP contribution in [-0.2, 0) is 20.7 Å². The molecule has 2 aromatic carbocycles. The van der Waals surface area contributed by atoms with Gasteiger partial charge in [-0.15, -0.1) is 0 Å². The first-order valence-corrected chi connectivity index (χ1v) is 7.65. The van der Waals surface area contributed by atoms with Crippen LogP contribution >= 0.6 is 11.6 Å². The Labute approximate surface area is 144 Å². The number of halogens is 1. The van der Waals surface area contributed by atoms with Crippen LogP contribution in [0.1, 0.15) is 17.5 Å². The maximum absolute atomic E-state index is 11.8. The van der Waals surface area contributed by atoms with Crippen LogP contribution in [0.15, 0.2) is 48.5 Å². The van der Waals surface area contributed by atoms with Gasteiger partial charge in [0.05, 0.1) is 11.3 Å². The highest BCUT2D eigenvalue weighted by Crippen LogP contribution is 2.20. The highest BCUT2D eigenvalue weighted by atomic mass is 35.5. The van der Waals surface area contributed by atoms with Crippen molar-refractivity contribution >= 4 is 29.2 Å². The van der Waals surface area contributed by atoms with E-state index in [0.717, 1.165) is 5.56 Å². The largest absolute Gasteiger partial charge is 0.456 e. The van der Waals surface area contributed by atoms with Crippen molar-refractivity contribution in [3.63, 3.8) is 0 Å². The fourth-order valence-electron chi connectivity index (χ4n) is 2.01. The monoisotopic (exact) mass is 342 g/mol. The Morgan fingerprint density at radius 2 is 1.92 bits per heavy atom. The summed E-state index contributed by atoms with van der Waals surface area (Å²) in [5.41, 5.74) is 1.59. The van der Waals surface area contributed by atoms with Crippen molar-refractivity contribution in [2.24, 2.45) is 0 Å². The summed E-state index contributed by atoms with van der Waals surface area (Å²) in [4.78, 5) is 23.5. The van der Waals surface area contributed by atoms with Crippen molar-refractivity contribution < 1.29 is 14.3 Å². The Bertz CT molecular complexity index is 770. The van der Waals surface area contributed by atoms with Crippen molar-refractivity contribution in [1.82, 2.24) is 0 Å². The summed E-state index contributed by atoms with van der Waals surface area (Å²) in [6.45, 7) is -0.412. The Kier molecular flexibility index (Phi) is 6.35. The number of nitriles is 1. The van der Waals surface area contributed by atoms with Gasteiger partial charge in [-0.05, 0) is 30.2 Å². The minimum Gasteiger partial charge on any atom is -0.456 e. The van der Waals surface area contributed by atoms with E-state index >= 15 is 0 Å². The number of anilines is 1. The van der Waals surface area contributed by atoms with Gasteiger partial charge in [0.25, 0.3) is 5.91 Å². The molecule has 5 nitrogen and oxygen atoms in total. The molecule has 6 heteroatoms. The highest BCUT2D eigenvalue weighted by Gasteiger charge is 2.11. The molecule has 0 aliphatic rings. The van der Waals surface area contributed by atoms with Crippen LogP contribution in [0.25, 0.3) is 0 Å². The molecule has 0 bridgehead atoms. The summed E-state index contributed by atoms with van der Waals surface area (Å²) in [6.07, 6.45) is 0.742. The molecule has 0 saturated carbocycles. The maximum Gasteiger partial charge on any atom is 0.306 e. The third kappa shape index (κ3) is 5.41. The molecule has 2 rings (SSSR count). The van der Waals surface area contributed by atoms with Gasteiger partial charge in [0.15, 0.2) is 6.61 Å². The van der Waals surface area contributed by atoms with Gasteiger partial charge in [-0.3, -0.25) is 9.59 Å². The van der Waals surface area contributed by atoms with Crippen LogP contribution in [0, 0.1) is 11.3 Å². The van der Waals surface area contributed by atoms with Crippen LogP contribution in [0.5, 0.6) is 0 Å². The zero-order chi connectivity index (χ0) is 17.4. The molecule has 0 fully saturated rings. The van der Waals surface area contributed by atoms with E-state index in [1.54, 1.807) is 6.07 Å². The van der Waals surface area contributed by atoms with Crippen LogP contribution in [0.3, 0.4) is 0 Å². The zero-order valence-corrected chi connectivity index (χ0v) is 13.5. The Balaban J connectivity index is 1.80. The van der Waals surface area contributed by atoms with Gasteiger partial charge in [-0.1, -0.05) is 41.9 Å². The lowest BCUT2D eigenvalue weighted by Crippen LogP contribution is -2.21. The van der Waals surface area contributed by atoms with Crippen molar-refractivity contribution in [2.45, 2.75) is 12.8 Å². The van der Waals surface area contributed by atoms with Crippen molar-refractivity contribution in [2.75, 3.05) is 11.9 Å². The summed E-state index contributed by atoms with van der Waals surface area (Å²) >= 11 is 5.84. The van der Waals surface area contributed by atoms with Crippen molar-refractivity contribution in [3.8, 4) is 6.07 Å². The number of rotatable bonds is 6. The second-order valence-corrected chi connectivity index (χ2v) is 5.43. The number of hydrogen-bond acceptors (Lipinski definition) is 4. The summed E-state index contributed by atoms with van der Waals surface area (Å²) in [5, 5.41) is 11.9. The Morgan fingerprint density at radius 1 is 1.17 bits per heavy atom. The number of nitrogens with zero attached hydrogens (tertiary/aromatic N) is 1. The summed E-state index contributed by atoms with van der Waals surface area (Å²) in [6, 6.07) is 16.0. The van der Waals surface area contributed by atoms with Crippen LogP contribution in [-0.4, -0.2) is 18.5 Å². The van der Waals surface area contributed by atoms with E-state index < -0.39 is 18.5 Å². The number of carbonyl (C=O) groups is 2. The standard InChI is InChI=1S/C18H15ClN2O3/c19-15-8-7-14(11-20)16(10-15)21-17(22)12-24-18(23)9-6-13-4-2-1-3-5-13/h1-5,7-8,10H,6,9,12H2,(H,21,22). The van der Waals surface area contributed by atoms with E-state index in [-0.39, 0.29) is 17.7 Å². The van der Waals surface area contributed by atoms with Gasteiger partial charge in [0.1, 0.15) is 6.07 Å². The summed E-state index contributed by atoms with van der Waals surface area (Å²) < 4.78 is 4.93. The lowest BCUT2D eigenvalue weighted by molar-refractivity contribution is -0.147. The lowest BCUT2D eigenvalue weighted by atomic mass is 10.1. The molecule has 0 atom stereocenters. The fraction of sp³-hybridized carbons (Fsp3) is 0.167. The quantitative estimate of drug-likeness (QED) is 0.817. The number of ether oxygens (including phenoxy) is 1. The van der Waals surface area contributed by atoms with Crippen LogP contribution < -0.4 is 5.32 Å². The molecular formula is C18H15ClN2O3. The zero-order valence-electron chi connectivity index (χ0n) is 12.8. The third-order valence-corrected chi connectivity index (χ3v) is 3.44. The third-order valence-electron chi connectivity index (χ3n) is 3.20. The molecule has 2 aromatic rings. The molecule has 24 heavy (non-hydrogen) atoms. The number of nitrogens with one attached hydrogen (secondary N) is 1. The van der Waals surface area contributed by atoms with Crippen molar-refractivity contribution in [1.29, 1.82) is 5.26 Å². The van der Waals surface area contributed by atoms with E-state index in [1.807, 2.05) is 36.4 Å². The molecule has 0 heterocycles. The molecule has 0 unspecified atom stereocenters. The minimum absolute atomic E-state index is 0.192. The van der Waals surface area contributed by atoms with Gasteiger partial charge >= 0.3 is 5.97 Å². The average molecular weight is 343 g/mol. The van der Waals surface area contributed by atoms with E-state index in [9.17, 15) is 9.59 Å². The second kappa shape index (κ2) is 8.70. The number of aryl methyl sites for hydroxylation is 1. The lowest BCUT2D eigenvalue weighted by Gasteiger charge is -2.08. The molecular weight excluding hydrogens is 328 g/mol. The minimum atomic E-state index is -0.526. The second-order valence-electron chi connectivity index (χ2n) is 5.00. The number of esters is 1. The molecule has 1 N–H and O–H groups in total. The van der Waals surface area contributed by atoms with E-state index in [2.05, 4.69) is 5.32 Å². The summed E-state index contributed by atoms with van der Waals surface area (Å²) in [5.74, 6) is -0.984. The highest BCUT2D eigenvalue weighted by molar-refractivity contribution is 6.31. The van der Waals surface area contributed by atoms with E-state index in [0.29, 0.717) is 11.4 Å². The number of hydrogen-bond donors (Lipinski definition) is 1. The topological polar surface area (TPSA) is 79.2 Å². The fourth-order valence-corrected chi connectivity index (χ4v) is 2.19. The molecule has 122 valence electrons. The molecule has 0 radical (unpaired) electrons. The predicted molar refractivity (Wildman–Crippen MR) is 90.5 cm³/mol. The molecule has 0 aliphatic heterocycles. The first-order valence-electron chi connectivity index (χ1n) is 7.27. The number of carbonyl (C=O) groups excluding carboxylic acids is 2. The average Bonchev–Trinajstić information content (AvgIpc) is 2.59. The first-order chi connectivity index (χ1) is 11.6. The van der Waals surface area contributed by atoms with Crippen molar-refractivity contribution in [3.05, 3.63) is 64.7 Å². The maximum atomic E-state index is 11.8. The number of benzene rings is 2. The van der Waals surface area contributed by atoms with Gasteiger partial charge < -0.3 is 10.1 Å². The molecule has 1 amide bonds. The SMILES string of the molecule is N#Cc1ccc(Cl)cc1NC(=O)COC(=O)CCc1ccccc1. The van der Waals surface area contributed by atoms with E-state index in [4.69, 9.17) is 21.6 Å². The molecule has 0 aliphatic carbocycles. The number of amides is 1. The van der Waals surface area contributed by atoms with E-state index in [1.165, 1.54) is 12.1 Å². The molecule has 0 spiro atoms. The normalized spacial score (nSPS) is 9.83. The molecule has 0 aromatic heterocycles. The summed E-state index contributed by atoms with van der Waals surface area (Å²) in [7, 11) is 0.